The van der Waals surface area contributed by atoms with E-state index in [1.807, 2.05) is 6.07 Å². The minimum Gasteiger partial charge on any atom is -0.380 e. The number of rotatable bonds is 9. The van der Waals surface area contributed by atoms with Gasteiger partial charge in [-0.1, -0.05) is 0 Å². The molecule has 0 saturated heterocycles. The van der Waals surface area contributed by atoms with E-state index in [1.165, 1.54) is 28.5 Å². The number of sulfonamides is 1. The van der Waals surface area contributed by atoms with Crippen molar-refractivity contribution < 1.29 is 13.2 Å². The zero-order valence-electron chi connectivity index (χ0n) is 11.5. The molecule has 0 atom stereocenters. The van der Waals surface area contributed by atoms with Gasteiger partial charge >= 0.3 is 0 Å². The summed E-state index contributed by atoms with van der Waals surface area (Å²) in [4.78, 5) is 0.997. The van der Waals surface area contributed by atoms with Crippen LogP contribution in [0.1, 0.15) is 17.7 Å². The first-order valence-corrected chi connectivity index (χ1v) is 9.52. The standard InChI is InChI=1S/C13H20ClNO3S2/c1-15(8-9-18-10-11-2-3-11)20(16,17)13-5-4-12(19-13)6-7-14/h4-5,11H,2-3,6-10H2,1H3. The largest absolute Gasteiger partial charge is 0.380 e. The normalized spacial score (nSPS) is 15.9. The molecule has 2 rings (SSSR count). The number of nitrogens with zero attached hydrogens (tertiary/aromatic N) is 1. The third-order valence-corrected chi connectivity index (χ3v) is 6.90. The molecule has 1 aromatic rings. The van der Waals surface area contributed by atoms with Crippen LogP contribution < -0.4 is 0 Å². The van der Waals surface area contributed by atoms with Crippen molar-refractivity contribution in [2.24, 2.45) is 5.92 Å². The molecule has 0 unspecified atom stereocenters. The van der Waals surface area contributed by atoms with Crippen LogP contribution in [-0.2, 0) is 21.2 Å². The Morgan fingerprint density at radius 3 is 2.85 bits per heavy atom. The van der Waals surface area contributed by atoms with Gasteiger partial charge in [-0.05, 0) is 37.3 Å². The van der Waals surface area contributed by atoms with E-state index < -0.39 is 10.0 Å². The van der Waals surface area contributed by atoms with Crippen molar-refractivity contribution in [3.05, 3.63) is 17.0 Å². The van der Waals surface area contributed by atoms with E-state index in [9.17, 15) is 8.42 Å². The molecule has 7 heteroatoms. The van der Waals surface area contributed by atoms with Crippen molar-refractivity contribution >= 4 is 33.0 Å². The van der Waals surface area contributed by atoms with Crippen LogP contribution in [0.3, 0.4) is 0 Å². The molecule has 1 heterocycles. The van der Waals surface area contributed by atoms with Crippen LogP contribution in [0, 0.1) is 5.92 Å². The molecule has 1 aliphatic carbocycles. The van der Waals surface area contributed by atoms with Gasteiger partial charge in [0, 0.05) is 31.0 Å². The van der Waals surface area contributed by atoms with Gasteiger partial charge in [0.15, 0.2) is 0 Å². The summed E-state index contributed by atoms with van der Waals surface area (Å²) in [6.07, 6.45) is 3.19. The van der Waals surface area contributed by atoms with E-state index >= 15 is 0 Å². The number of hydrogen-bond donors (Lipinski definition) is 0. The number of halogens is 1. The second-order valence-electron chi connectivity index (χ2n) is 5.00. The molecule has 0 N–H and O–H groups in total. The maximum Gasteiger partial charge on any atom is 0.252 e. The highest BCUT2D eigenvalue weighted by molar-refractivity contribution is 7.91. The van der Waals surface area contributed by atoms with E-state index in [0.29, 0.717) is 35.6 Å². The maximum absolute atomic E-state index is 12.3. The van der Waals surface area contributed by atoms with Crippen molar-refractivity contribution in [1.82, 2.24) is 4.31 Å². The van der Waals surface area contributed by atoms with Gasteiger partial charge in [0.1, 0.15) is 4.21 Å². The Bertz CT molecular complexity index is 525. The summed E-state index contributed by atoms with van der Waals surface area (Å²) in [5.74, 6) is 1.21. The average Bonchev–Trinajstić information content (AvgIpc) is 3.11. The third kappa shape index (κ3) is 4.43. The highest BCUT2D eigenvalue weighted by Crippen LogP contribution is 2.29. The number of alkyl halides is 1. The summed E-state index contributed by atoms with van der Waals surface area (Å²) in [5, 5.41) is 0. The minimum absolute atomic E-state index is 0.377. The van der Waals surface area contributed by atoms with Gasteiger partial charge in [0.25, 0.3) is 10.0 Å². The Morgan fingerprint density at radius 2 is 2.20 bits per heavy atom. The molecule has 0 spiro atoms. The summed E-state index contributed by atoms with van der Waals surface area (Å²) in [7, 11) is -1.80. The second-order valence-corrected chi connectivity index (χ2v) is 8.82. The van der Waals surface area contributed by atoms with E-state index in [-0.39, 0.29) is 0 Å². The van der Waals surface area contributed by atoms with Gasteiger partial charge in [-0.15, -0.1) is 22.9 Å². The van der Waals surface area contributed by atoms with Gasteiger partial charge in [-0.2, -0.15) is 4.31 Å². The fraction of sp³-hybridized carbons (Fsp3) is 0.692. The van der Waals surface area contributed by atoms with Gasteiger partial charge < -0.3 is 4.74 Å². The summed E-state index contributed by atoms with van der Waals surface area (Å²) in [5.41, 5.74) is 0. The Kier molecular flexibility index (Phi) is 5.86. The lowest BCUT2D eigenvalue weighted by Crippen LogP contribution is -2.30. The summed E-state index contributed by atoms with van der Waals surface area (Å²) >= 11 is 6.96. The topological polar surface area (TPSA) is 46.6 Å². The van der Waals surface area contributed by atoms with Crippen LogP contribution in [0.4, 0.5) is 0 Å². The van der Waals surface area contributed by atoms with Crippen LogP contribution >= 0.6 is 22.9 Å². The van der Waals surface area contributed by atoms with Crippen LogP contribution in [0.2, 0.25) is 0 Å². The molecule has 0 bridgehead atoms. The van der Waals surface area contributed by atoms with Crippen molar-refractivity contribution in [3.63, 3.8) is 0 Å². The van der Waals surface area contributed by atoms with Crippen molar-refractivity contribution in [2.45, 2.75) is 23.5 Å². The van der Waals surface area contributed by atoms with Gasteiger partial charge in [-0.3, -0.25) is 0 Å². The minimum atomic E-state index is -3.39. The molecule has 20 heavy (non-hydrogen) atoms. The van der Waals surface area contributed by atoms with E-state index in [2.05, 4.69) is 0 Å². The predicted octanol–water partition coefficient (Wildman–Crippen LogP) is 2.58. The second kappa shape index (κ2) is 7.22. The van der Waals surface area contributed by atoms with Gasteiger partial charge in [-0.25, -0.2) is 8.42 Å². The predicted molar refractivity (Wildman–Crippen MR) is 82.1 cm³/mol. The fourth-order valence-electron chi connectivity index (χ4n) is 1.73. The van der Waals surface area contributed by atoms with Crippen LogP contribution in [-0.4, -0.2) is 45.4 Å². The van der Waals surface area contributed by atoms with E-state index in [4.69, 9.17) is 16.3 Å². The molecule has 1 saturated carbocycles. The smallest absolute Gasteiger partial charge is 0.252 e. The molecule has 1 fully saturated rings. The van der Waals surface area contributed by atoms with Crippen molar-refractivity contribution in [2.75, 3.05) is 32.7 Å². The first-order valence-electron chi connectivity index (χ1n) is 6.73. The van der Waals surface area contributed by atoms with E-state index in [1.54, 1.807) is 13.1 Å². The number of hydrogen-bond acceptors (Lipinski definition) is 4. The maximum atomic E-state index is 12.3. The Balaban J connectivity index is 1.86. The molecule has 1 aromatic heterocycles. The summed E-state index contributed by atoms with van der Waals surface area (Å²) in [6.45, 7) is 1.59. The molecule has 1 aliphatic rings. The summed E-state index contributed by atoms with van der Waals surface area (Å²) in [6, 6.07) is 3.49. The number of thiophene rings is 1. The lowest BCUT2D eigenvalue weighted by atomic mass is 10.4. The molecule has 0 radical (unpaired) electrons. The highest BCUT2D eigenvalue weighted by Gasteiger charge is 2.24. The van der Waals surface area contributed by atoms with Crippen LogP contribution in [0.15, 0.2) is 16.3 Å². The van der Waals surface area contributed by atoms with Crippen molar-refractivity contribution in [3.8, 4) is 0 Å². The lowest BCUT2D eigenvalue weighted by Gasteiger charge is -2.15. The zero-order chi connectivity index (χ0) is 14.6. The van der Waals surface area contributed by atoms with Crippen LogP contribution in [0.5, 0.6) is 0 Å². The molecule has 0 amide bonds. The van der Waals surface area contributed by atoms with Crippen LogP contribution in [0.25, 0.3) is 0 Å². The number of likely N-dealkylation sites (N-methyl/N-ethyl adjacent to an activating group) is 1. The quantitative estimate of drug-likeness (QED) is 0.514. The first-order chi connectivity index (χ1) is 9.54. The molecular weight excluding hydrogens is 318 g/mol. The average molecular weight is 338 g/mol. The third-order valence-electron chi connectivity index (χ3n) is 3.24. The lowest BCUT2D eigenvalue weighted by molar-refractivity contribution is 0.117. The Hall–Kier alpha value is -0.140. The highest BCUT2D eigenvalue weighted by atomic mass is 35.5. The molecule has 114 valence electrons. The molecular formula is C13H20ClNO3S2. The SMILES string of the molecule is CN(CCOCC1CC1)S(=O)(=O)c1ccc(CCCl)s1. The number of aryl methyl sites for hydroxylation is 1. The fourth-order valence-corrected chi connectivity index (χ4v) is 4.76. The molecule has 0 aromatic carbocycles. The first kappa shape index (κ1) is 16.2. The molecule has 0 aliphatic heterocycles. The Labute approximate surface area is 129 Å². The van der Waals surface area contributed by atoms with Gasteiger partial charge in [0.2, 0.25) is 0 Å². The zero-order valence-corrected chi connectivity index (χ0v) is 13.9. The summed E-state index contributed by atoms with van der Waals surface area (Å²) < 4.78 is 31.9. The van der Waals surface area contributed by atoms with Crippen molar-refractivity contribution in [1.29, 1.82) is 0 Å². The van der Waals surface area contributed by atoms with E-state index in [0.717, 1.165) is 11.5 Å². The number of ether oxygens (including phenoxy) is 1. The molecule has 4 nitrogen and oxygen atoms in total. The van der Waals surface area contributed by atoms with Gasteiger partial charge in [0.05, 0.1) is 6.61 Å². The monoisotopic (exact) mass is 337 g/mol. The Morgan fingerprint density at radius 1 is 1.45 bits per heavy atom.